The van der Waals surface area contributed by atoms with Crippen LogP contribution in [0.3, 0.4) is 0 Å². The third-order valence-corrected chi connectivity index (χ3v) is 4.14. The van der Waals surface area contributed by atoms with Gasteiger partial charge in [0.2, 0.25) is 5.91 Å². The number of nitrogens with one attached hydrogen (secondary N) is 1. The van der Waals surface area contributed by atoms with E-state index < -0.39 is 0 Å². The zero-order valence-electron chi connectivity index (χ0n) is 16.8. The van der Waals surface area contributed by atoms with Crippen LogP contribution in [0.15, 0.2) is 42.5 Å². The van der Waals surface area contributed by atoms with Crippen LogP contribution in [0.1, 0.15) is 25.3 Å². The van der Waals surface area contributed by atoms with Gasteiger partial charge in [-0.2, -0.15) is 0 Å². The normalized spacial score (nSPS) is 10.2. The highest BCUT2D eigenvalue weighted by Gasteiger charge is 2.07. The minimum Gasteiger partial charge on any atom is -0.493 e. The lowest BCUT2D eigenvalue weighted by molar-refractivity contribution is -0.121. The van der Waals surface area contributed by atoms with Crippen LogP contribution in [-0.2, 0) is 11.2 Å². The Labute approximate surface area is 166 Å². The average molecular weight is 387 g/mol. The molecule has 2 aromatic rings. The maximum atomic E-state index is 12.0. The van der Waals surface area contributed by atoms with Gasteiger partial charge in [0.1, 0.15) is 0 Å². The predicted octanol–water partition coefficient (Wildman–Crippen LogP) is 3.62. The van der Waals surface area contributed by atoms with Crippen molar-refractivity contribution < 1.29 is 23.7 Å². The molecule has 28 heavy (non-hydrogen) atoms. The molecule has 2 rings (SSSR count). The quantitative estimate of drug-likeness (QED) is 0.564. The third kappa shape index (κ3) is 6.68. The van der Waals surface area contributed by atoms with Gasteiger partial charge in [0.05, 0.1) is 27.4 Å². The van der Waals surface area contributed by atoms with Gasteiger partial charge in [0, 0.05) is 13.0 Å². The van der Waals surface area contributed by atoms with Crippen molar-refractivity contribution in [1.29, 1.82) is 0 Å². The molecule has 0 aliphatic rings. The number of hydrogen-bond acceptors (Lipinski definition) is 5. The van der Waals surface area contributed by atoms with E-state index in [1.165, 1.54) is 0 Å². The van der Waals surface area contributed by atoms with E-state index in [0.29, 0.717) is 49.8 Å². The Balaban J connectivity index is 1.67. The molecule has 0 saturated heterocycles. The molecule has 0 spiro atoms. The lowest BCUT2D eigenvalue weighted by Gasteiger charge is -2.12. The molecule has 152 valence electrons. The zero-order chi connectivity index (χ0) is 20.2. The van der Waals surface area contributed by atoms with Crippen molar-refractivity contribution in [2.75, 3.05) is 34.0 Å². The van der Waals surface area contributed by atoms with Crippen LogP contribution in [-0.4, -0.2) is 39.9 Å². The number of carbonyl (C=O) groups is 1. The van der Waals surface area contributed by atoms with Gasteiger partial charge in [0.15, 0.2) is 23.0 Å². The van der Waals surface area contributed by atoms with E-state index in [1.54, 1.807) is 14.2 Å². The number of amides is 1. The Morgan fingerprint density at radius 3 is 2.32 bits per heavy atom. The number of carbonyl (C=O) groups excluding carboxylic acids is 1. The molecule has 0 radical (unpaired) electrons. The molecule has 2 aromatic carbocycles. The molecule has 0 aliphatic heterocycles. The summed E-state index contributed by atoms with van der Waals surface area (Å²) in [6, 6.07) is 13.3. The van der Waals surface area contributed by atoms with Crippen LogP contribution in [0.25, 0.3) is 0 Å². The van der Waals surface area contributed by atoms with E-state index in [1.807, 2.05) is 49.4 Å². The summed E-state index contributed by atoms with van der Waals surface area (Å²) in [5, 5.41) is 2.94. The Morgan fingerprint density at radius 1 is 0.929 bits per heavy atom. The first-order valence-corrected chi connectivity index (χ1v) is 9.50. The molecular weight excluding hydrogens is 358 g/mol. The fraction of sp³-hybridized carbons (Fsp3) is 0.409. The Bertz CT molecular complexity index is 747. The largest absolute Gasteiger partial charge is 0.493 e. The number of rotatable bonds is 12. The molecule has 0 unspecified atom stereocenters. The second-order valence-electron chi connectivity index (χ2n) is 6.12. The smallest absolute Gasteiger partial charge is 0.220 e. The highest BCUT2D eigenvalue weighted by atomic mass is 16.5. The van der Waals surface area contributed by atoms with E-state index in [2.05, 4.69) is 5.32 Å². The molecule has 1 N–H and O–H groups in total. The summed E-state index contributed by atoms with van der Waals surface area (Å²) in [5.41, 5.74) is 1.08. The summed E-state index contributed by atoms with van der Waals surface area (Å²) in [4.78, 5) is 12.0. The monoisotopic (exact) mass is 387 g/mol. The van der Waals surface area contributed by atoms with Gasteiger partial charge in [-0.3, -0.25) is 4.79 Å². The molecule has 0 saturated carbocycles. The lowest BCUT2D eigenvalue weighted by Crippen LogP contribution is -2.25. The highest BCUT2D eigenvalue weighted by molar-refractivity contribution is 5.75. The standard InChI is InChI=1S/C22H29NO5/c1-4-27-19-8-5-6-9-20(19)28-15-7-10-22(24)23-14-13-17-11-12-18(25-2)21(16-17)26-3/h5-6,8-9,11-12,16H,4,7,10,13-15H2,1-3H3,(H,23,24). The summed E-state index contributed by atoms with van der Waals surface area (Å²) in [7, 11) is 3.22. The third-order valence-electron chi connectivity index (χ3n) is 4.14. The first-order valence-electron chi connectivity index (χ1n) is 9.50. The number of para-hydroxylation sites is 2. The molecule has 0 atom stereocenters. The molecular formula is C22H29NO5. The molecule has 0 bridgehead atoms. The van der Waals surface area contributed by atoms with Crippen molar-refractivity contribution in [3.05, 3.63) is 48.0 Å². The highest BCUT2D eigenvalue weighted by Crippen LogP contribution is 2.28. The van der Waals surface area contributed by atoms with Gasteiger partial charge >= 0.3 is 0 Å². The van der Waals surface area contributed by atoms with Gasteiger partial charge in [-0.15, -0.1) is 0 Å². The molecule has 0 aromatic heterocycles. The van der Waals surface area contributed by atoms with Crippen LogP contribution in [0.2, 0.25) is 0 Å². The Hall–Kier alpha value is -2.89. The van der Waals surface area contributed by atoms with Gasteiger partial charge in [-0.25, -0.2) is 0 Å². The van der Waals surface area contributed by atoms with Gasteiger partial charge in [-0.05, 0) is 49.6 Å². The number of hydrogen-bond donors (Lipinski definition) is 1. The van der Waals surface area contributed by atoms with Crippen molar-refractivity contribution in [2.24, 2.45) is 0 Å². The molecule has 6 heteroatoms. The molecule has 1 amide bonds. The van der Waals surface area contributed by atoms with E-state index in [-0.39, 0.29) is 5.91 Å². The van der Waals surface area contributed by atoms with Crippen molar-refractivity contribution in [3.63, 3.8) is 0 Å². The fourth-order valence-electron chi connectivity index (χ4n) is 2.73. The molecule has 0 heterocycles. The topological polar surface area (TPSA) is 66.0 Å². The first kappa shape index (κ1) is 21.4. The number of methoxy groups -OCH3 is 2. The van der Waals surface area contributed by atoms with Crippen molar-refractivity contribution >= 4 is 5.91 Å². The second-order valence-corrected chi connectivity index (χ2v) is 6.12. The van der Waals surface area contributed by atoms with Crippen LogP contribution < -0.4 is 24.3 Å². The second kappa shape index (κ2) is 11.7. The van der Waals surface area contributed by atoms with Crippen LogP contribution >= 0.6 is 0 Å². The van der Waals surface area contributed by atoms with Gasteiger partial charge in [-0.1, -0.05) is 18.2 Å². The summed E-state index contributed by atoms with van der Waals surface area (Å²) in [6.45, 7) is 3.56. The Kier molecular flexibility index (Phi) is 8.98. The molecule has 6 nitrogen and oxygen atoms in total. The lowest BCUT2D eigenvalue weighted by atomic mass is 10.1. The summed E-state index contributed by atoms with van der Waals surface area (Å²) < 4.78 is 21.8. The molecule has 0 aliphatic carbocycles. The van der Waals surface area contributed by atoms with E-state index >= 15 is 0 Å². The van der Waals surface area contributed by atoms with Crippen molar-refractivity contribution in [3.8, 4) is 23.0 Å². The van der Waals surface area contributed by atoms with Gasteiger partial charge in [0.25, 0.3) is 0 Å². The minimum atomic E-state index is 0.0159. The summed E-state index contributed by atoms with van der Waals surface area (Å²) in [6.07, 6.45) is 1.79. The fourth-order valence-corrected chi connectivity index (χ4v) is 2.73. The van der Waals surface area contributed by atoms with E-state index in [9.17, 15) is 4.79 Å². The van der Waals surface area contributed by atoms with Crippen LogP contribution in [0, 0.1) is 0 Å². The predicted molar refractivity (Wildman–Crippen MR) is 109 cm³/mol. The number of benzene rings is 2. The van der Waals surface area contributed by atoms with E-state index in [4.69, 9.17) is 18.9 Å². The summed E-state index contributed by atoms with van der Waals surface area (Å²) in [5.74, 6) is 2.83. The Morgan fingerprint density at radius 2 is 1.64 bits per heavy atom. The maximum absolute atomic E-state index is 12.0. The molecule has 0 fully saturated rings. The average Bonchev–Trinajstić information content (AvgIpc) is 2.72. The van der Waals surface area contributed by atoms with Crippen molar-refractivity contribution in [2.45, 2.75) is 26.2 Å². The van der Waals surface area contributed by atoms with Gasteiger partial charge < -0.3 is 24.3 Å². The number of ether oxygens (including phenoxy) is 4. The summed E-state index contributed by atoms with van der Waals surface area (Å²) >= 11 is 0. The van der Waals surface area contributed by atoms with Crippen molar-refractivity contribution in [1.82, 2.24) is 5.32 Å². The first-order chi connectivity index (χ1) is 13.7. The SMILES string of the molecule is CCOc1ccccc1OCCCC(=O)NCCc1ccc(OC)c(OC)c1. The minimum absolute atomic E-state index is 0.0159. The zero-order valence-corrected chi connectivity index (χ0v) is 16.8. The van der Waals surface area contributed by atoms with E-state index in [0.717, 1.165) is 17.7 Å². The maximum Gasteiger partial charge on any atom is 0.220 e. The van der Waals surface area contributed by atoms with Crippen LogP contribution in [0.4, 0.5) is 0 Å². The van der Waals surface area contributed by atoms with Crippen LogP contribution in [0.5, 0.6) is 23.0 Å².